The predicted molar refractivity (Wildman–Crippen MR) is 64.6 cm³/mol. The number of carboxylic acid groups (broad SMARTS) is 1. The van der Waals surface area contributed by atoms with Gasteiger partial charge in [-0.1, -0.05) is 6.07 Å². The first-order chi connectivity index (χ1) is 7.13. The summed E-state index contributed by atoms with van der Waals surface area (Å²) in [6.45, 7) is 0. The number of halogens is 2. The smallest absolute Gasteiger partial charge is 0.303 e. The summed E-state index contributed by atoms with van der Waals surface area (Å²) >= 11 is 1.88. The molecule has 0 amide bonds. The van der Waals surface area contributed by atoms with Gasteiger partial charge in [-0.2, -0.15) is 0 Å². The van der Waals surface area contributed by atoms with Crippen LogP contribution in [0.3, 0.4) is 0 Å². The Morgan fingerprint density at radius 1 is 1.60 bits per heavy atom. The molecule has 0 aliphatic carbocycles. The van der Waals surface area contributed by atoms with Gasteiger partial charge in [0.1, 0.15) is 9.21 Å². The van der Waals surface area contributed by atoms with Crippen LogP contribution in [0.25, 0.3) is 0 Å². The molecule has 0 atom stereocenters. The lowest BCUT2D eigenvalue weighted by Crippen LogP contribution is -1.98. The minimum Gasteiger partial charge on any atom is -0.481 e. The van der Waals surface area contributed by atoms with Crippen LogP contribution in [0.4, 0.5) is 4.39 Å². The lowest BCUT2D eigenvalue weighted by molar-refractivity contribution is -0.136. The van der Waals surface area contributed by atoms with Crippen LogP contribution in [0, 0.1) is 5.82 Å². The molecule has 15 heavy (non-hydrogen) atoms. The number of rotatable bonds is 5. The first-order valence-electron chi connectivity index (χ1n) is 4.09. The monoisotopic (exact) mass is 342 g/mol. The molecule has 0 fully saturated rings. The number of benzene rings is 1. The van der Waals surface area contributed by atoms with Crippen molar-refractivity contribution in [2.24, 2.45) is 0 Å². The van der Waals surface area contributed by atoms with Gasteiger partial charge in [0.25, 0.3) is 0 Å². The van der Waals surface area contributed by atoms with Crippen LogP contribution in [0.1, 0.15) is 12.0 Å². The van der Waals surface area contributed by atoms with E-state index in [1.54, 1.807) is 6.07 Å². The predicted octanol–water partition coefficient (Wildman–Crippen LogP) is 3.22. The van der Waals surface area contributed by atoms with Crippen LogP contribution in [-0.2, 0) is 11.2 Å². The Labute approximate surface area is 103 Å². The summed E-state index contributed by atoms with van der Waals surface area (Å²) in [4.78, 5) is 10.3. The van der Waals surface area contributed by atoms with Crippen molar-refractivity contribution >= 4 is 36.4 Å². The van der Waals surface area contributed by atoms with E-state index in [2.05, 4.69) is 0 Å². The molecule has 3 nitrogen and oxygen atoms in total. The molecule has 82 valence electrons. The third-order valence-electron chi connectivity index (χ3n) is 1.74. The van der Waals surface area contributed by atoms with Gasteiger partial charge in [-0.05, 0) is 24.1 Å². The normalized spacial score (nSPS) is 10.0. The first-order valence-corrected chi connectivity index (χ1v) is 7.37. The minimum atomic E-state index is -0.870. The minimum absolute atomic E-state index is 0.0302. The summed E-state index contributed by atoms with van der Waals surface area (Å²) in [6.07, 6.45) is 0.403. The van der Waals surface area contributed by atoms with E-state index >= 15 is 0 Å². The zero-order valence-electron chi connectivity index (χ0n) is 7.57. The van der Waals surface area contributed by atoms with Gasteiger partial charge in [0, 0.05) is 27.6 Å². The molecule has 0 aromatic heterocycles. The molecule has 1 N–H and O–H groups in total. The molecule has 1 aromatic rings. The van der Waals surface area contributed by atoms with Crippen molar-refractivity contribution in [1.29, 1.82) is 0 Å². The number of hydrogen-bond acceptors (Lipinski definition) is 3. The van der Waals surface area contributed by atoms with Crippen LogP contribution in [-0.4, -0.2) is 11.1 Å². The van der Waals surface area contributed by atoms with Crippen LogP contribution in [0.15, 0.2) is 18.2 Å². The summed E-state index contributed by atoms with van der Waals surface area (Å²) in [5.74, 6) is -1.18. The lowest BCUT2D eigenvalue weighted by Gasteiger charge is -2.04. The Hall–Kier alpha value is -0.500. The van der Waals surface area contributed by atoms with Crippen molar-refractivity contribution in [3.63, 3.8) is 0 Å². The molecule has 0 radical (unpaired) electrons. The van der Waals surface area contributed by atoms with Gasteiger partial charge in [0.05, 0.1) is 0 Å². The zero-order valence-corrected chi connectivity index (χ0v) is 10.5. The molecule has 0 heterocycles. The highest BCUT2D eigenvalue weighted by Crippen LogP contribution is 2.25. The van der Waals surface area contributed by atoms with Gasteiger partial charge in [0.2, 0.25) is 0 Å². The van der Waals surface area contributed by atoms with E-state index in [0.717, 1.165) is 14.8 Å². The summed E-state index contributed by atoms with van der Waals surface area (Å²) in [7, 11) is 1.02. The fraction of sp³-hybridized carbons (Fsp3) is 0.222. The van der Waals surface area contributed by atoms with E-state index in [4.69, 9.17) is 9.29 Å². The molecular weight excluding hydrogens is 334 g/mol. The maximum Gasteiger partial charge on any atom is 0.303 e. The summed E-state index contributed by atoms with van der Waals surface area (Å²) in [6, 6.07) is 4.35. The van der Waals surface area contributed by atoms with Crippen LogP contribution in [0.5, 0.6) is 5.75 Å². The second kappa shape index (κ2) is 6.16. The zero-order chi connectivity index (χ0) is 11.3. The summed E-state index contributed by atoms with van der Waals surface area (Å²) < 4.78 is 18.1. The Balaban J connectivity index is 2.73. The number of carbonyl (C=O) groups is 1. The van der Waals surface area contributed by atoms with Crippen LogP contribution in [0.2, 0.25) is 0 Å². The number of aryl methyl sites for hydroxylation is 1. The van der Waals surface area contributed by atoms with E-state index < -0.39 is 11.8 Å². The second-order valence-corrected chi connectivity index (χ2v) is 4.18. The molecule has 0 saturated carbocycles. The third-order valence-corrected chi connectivity index (χ3v) is 2.53. The fourth-order valence-electron chi connectivity index (χ4n) is 1.05. The van der Waals surface area contributed by atoms with E-state index in [0.29, 0.717) is 6.42 Å². The summed E-state index contributed by atoms with van der Waals surface area (Å²) in [5, 5.41) is 8.49. The van der Waals surface area contributed by atoms with Crippen molar-refractivity contribution in [2.45, 2.75) is 12.8 Å². The van der Waals surface area contributed by atoms with Gasteiger partial charge >= 0.3 is 5.97 Å². The van der Waals surface area contributed by atoms with Gasteiger partial charge in [-0.3, -0.25) is 4.79 Å². The maximum atomic E-state index is 13.1. The molecule has 6 heteroatoms. The van der Waals surface area contributed by atoms with Crippen LogP contribution < -0.4 is 4.18 Å². The van der Waals surface area contributed by atoms with E-state index in [9.17, 15) is 9.18 Å². The van der Waals surface area contributed by atoms with Gasteiger partial charge in [0.15, 0.2) is 11.6 Å². The largest absolute Gasteiger partial charge is 0.481 e. The Morgan fingerprint density at radius 3 is 2.93 bits per heavy atom. The molecule has 0 saturated heterocycles. The first kappa shape index (κ1) is 12.6. The Morgan fingerprint density at radius 2 is 2.33 bits per heavy atom. The second-order valence-electron chi connectivity index (χ2n) is 2.80. The Kier molecular flexibility index (Phi) is 5.16. The van der Waals surface area contributed by atoms with Gasteiger partial charge in [-0.15, -0.1) is 0 Å². The highest BCUT2D eigenvalue weighted by molar-refractivity contribution is 14.2. The van der Waals surface area contributed by atoms with Crippen molar-refractivity contribution in [2.75, 3.05) is 0 Å². The highest BCUT2D eigenvalue weighted by atomic mass is 127. The maximum absolute atomic E-state index is 13.1. The van der Waals surface area contributed by atoms with Gasteiger partial charge < -0.3 is 9.29 Å². The quantitative estimate of drug-likeness (QED) is 0.659. The van der Waals surface area contributed by atoms with Crippen molar-refractivity contribution < 1.29 is 18.5 Å². The fourth-order valence-corrected chi connectivity index (χ4v) is 1.83. The Bertz CT molecular complexity index is 359. The van der Waals surface area contributed by atoms with Crippen molar-refractivity contribution in [3.05, 3.63) is 29.6 Å². The highest BCUT2D eigenvalue weighted by Gasteiger charge is 2.06. The van der Waals surface area contributed by atoms with Gasteiger partial charge in [-0.25, -0.2) is 4.39 Å². The molecule has 0 aliphatic heterocycles. The molecule has 0 aliphatic rings. The molecule has 0 bridgehead atoms. The molecule has 0 spiro atoms. The number of aliphatic carboxylic acids is 1. The topological polar surface area (TPSA) is 46.5 Å². The molecule has 0 unspecified atom stereocenters. The average molecular weight is 342 g/mol. The van der Waals surface area contributed by atoms with E-state index in [1.807, 2.05) is 21.2 Å². The van der Waals surface area contributed by atoms with E-state index in [1.165, 1.54) is 12.1 Å². The number of carboxylic acids is 1. The summed E-state index contributed by atoms with van der Waals surface area (Å²) in [5.41, 5.74) is 0.749. The van der Waals surface area contributed by atoms with E-state index in [-0.39, 0.29) is 12.2 Å². The van der Waals surface area contributed by atoms with Crippen LogP contribution >= 0.6 is 30.4 Å². The van der Waals surface area contributed by atoms with Crippen molar-refractivity contribution in [3.8, 4) is 5.75 Å². The number of hydrogen-bond donors (Lipinski definition) is 1. The average Bonchev–Trinajstić information content (AvgIpc) is 2.19. The molecular formula is C9H8FIO3S. The third kappa shape index (κ3) is 4.25. The van der Waals surface area contributed by atoms with Crippen molar-refractivity contribution in [1.82, 2.24) is 0 Å². The standard InChI is InChI=1S/C9H8FIO3S/c10-7-3-1-6(2-4-9(12)13)5-8(7)14-15-11/h1,3,5H,2,4H2,(H,12,13). The lowest BCUT2D eigenvalue weighted by atomic mass is 10.1. The SMILES string of the molecule is O=C(O)CCc1ccc(F)c(OSI)c1. The molecule has 1 rings (SSSR count). The molecule has 1 aromatic carbocycles.